The van der Waals surface area contributed by atoms with Crippen LogP contribution >= 0.6 is 0 Å². The average molecular weight is 465 g/mol. The minimum Gasteiger partial charge on any atom is -0.390 e. The molecule has 32 heavy (non-hydrogen) atoms. The predicted octanol–water partition coefficient (Wildman–Crippen LogP) is 3.43. The summed E-state index contributed by atoms with van der Waals surface area (Å²) in [7, 11) is -3.93. The fraction of sp³-hybridized carbons (Fsp3) is 0.609. The van der Waals surface area contributed by atoms with E-state index in [9.17, 15) is 22.7 Å². The van der Waals surface area contributed by atoms with Crippen molar-refractivity contribution in [1.82, 2.24) is 9.88 Å². The van der Waals surface area contributed by atoms with Gasteiger partial charge in [-0.25, -0.2) is 4.39 Å². The van der Waals surface area contributed by atoms with Gasteiger partial charge in [-0.3, -0.25) is 4.79 Å². The second-order valence-electron chi connectivity index (χ2n) is 10.6. The molecule has 7 nitrogen and oxygen atoms in total. The van der Waals surface area contributed by atoms with Crippen LogP contribution in [-0.2, 0) is 14.9 Å². The summed E-state index contributed by atoms with van der Waals surface area (Å²) >= 11 is 0. The Balaban J connectivity index is 1.42. The first kappa shape index (κ1) is 21.7. The lowest BCUT2D eigenvalue weighted by Gasteiger charge is -2.63. The van der Waals surface area contributed by atoms with Crippen LogP contribution in [0.2, 0.25) is 0 Å². The van der Waals surface area contributed by atoms with Gasteiger partial charge in [0, 0.05) is 35.6 Å². The minimum atomic E-state index is -3.93. The van der Waals surface area contributed by atoms with Crippen LogP contribution in [0.3, 0.4) is 0 Å². The monoisotopic (exact) mass is 464 g/mol. The number of nitrogens with zero attached hydrogens (tertiary/aromatic N) is 1. The van der Waals surface area contributed by atoms with E-state index in [1.165, 1.54) is 6.07 Å². The molecular formula is C23H29FN2O5S. The molecule has 174 valence electrons. The van der Waals surface area contributed by atoms with Crippen molar-refractivity contribution in [2.45, 2.75) is 76.0 Å². The molecule has 3 atom stereocenters. The third-order valence-electron chi connectivity index (χ3n) is 7.55. The van der Waals surface area contributed by atoms with E-state index in [1.54, 1.807) is 6.20 Å². The third-order valence-corrected chi connectivity index (χ3v) is 8.02. The van der Waals surface area contributed by atoms with E-state index in [2.05, 4.69) is 11.9 Å². The van der Waals surface area contributed by atoms with Crippen LogP contribution in [0.25, 0.3) is 10.9 Å². The molecular weight excluding hydrogens is 435 g/mol. The maximum Gasteiger partial charge on any atom is 0.306 e. The SMILES string of the molecule is CC(CC(=O)N1C2CC3(C)CC1CC(O)(C2)C3)c1c[nH]c2ccc(F)c(OS(C)(=O)=O)c12. The minimum absolute atomic E-state index is 0.0230. The van der Waals surface area contributed by atoms with Gasteiger partial charge < -0.3 is 19.2 Å². The van der Waals surface area contributed by atoms with Crippen LogP contribution in [0.15, 0.2) is 18.3 Å². The van der Waals surface area contributed by atoms with Crippen LogP contribution < -0.4 is 4.18 Å². The number of nitrogens with one attached hydrogen (secondary N) is 1. The highest BCUT2D eigenvalue weighted by Crippen LogP contribution is 2.57. The zero-order chi connectivity index (χ0) is 23.1. The molecule has 3 heterocycles. The van der Waals surface area contributed by atoms with Crippen LogP contribution in [0.1, 0.15) is 63.9 Å². The third kappa shape index (κ3) is 3.59. The molecule has 2 N–H and O–H groups in total. The van der Waals surface area contributed by atoms with Crippen molar-refractivity contribution in [1.29, 1.82) is 0 Å². The highest BCUT2D eigenvalue weighted by molar-refractivity contribution is 7.86. The van der Waals surface area contributed by atoms with Crippen molar-refractivity contribution in [2.75, 3.05) is 6.26 Å². The van der Waals surface area contributed by atoms with Gasteiger partial charge in [-0.1, -0.05) is 13.8 Å². The van der Waals surface area contributed by atoms with E-state index in [4.69, 9.17) is 4.18 Å². The molecule has 2 aliphatic heterocycles. The number of aromatic nitrogens is 1. The van der Waals surface area contributed by atoms with Gasteiger partial charge in [0.1, 0.15) is 0 Å². The fourth-order valence-corrected chi connectivity index (χ4v) is 7.26. The van der Waals surface area contributed by atoms with E-state index >= 15 is 0 Å². The number of halogens is 1. The van der Waals surface area contributed by atoms with Crippen molar-refractivity contribution < 1.29 is 26.9 Å². The van der Waals surface area contributed by atoms with Crippen LogP contribution in [0, 0.1) is 11.2 Å². The Kier molecular flexibility index (Phi) is 4.70. The second kappa shape index (κ2) is 6.93. The molecule has 2 saturated carbocycles. The van der Waals surface area contributed by atoms with Crippen LogP contribution in [0.4, 0.5) is 4.39 Å². The zero-order valence-corrected chi connectivity index (χ0v) is 19.3. The number of carbonyl (C=O) groups is 1. The Morgan fingerprint density at radius 2 is 1.97 bits per heavy atom. The molecule has 2 aliphatic carbocycles. The number of rotatable bonds is 5. The van der Waals surface area contributed by atoms with Gasteiger partial charge >= 0.3 is 10.1 Å². The van der Waals surface area contributed by atoms with Gasteiger partial charge in [0.25, 0.3) is 0 Å². The summed E-state index contributed by atoms with van der Waals surface area (Å²) in [6.45, 7) is 4.09. The van der Waals surface area contributed by atoms with Crippen LogP contribution in [0.5, 0.6) is 5.75 Å². The summed E-state index contributed by atoms with van der Waals surface area (Å²) in [6.07, 6.45) is 6.67. The standard InChI is InChI=1S/C23H29FN2O5S/c1-13(16-11-25-18-5-4-17(24)21(20(16)18)31-32(3,29)30)6-19(27)26-14-7-22(2)8-15(26)10-23(28,9-14)12-22/h4-5,11,13-15,25,28H,6-10,12H2,1-3H3. The molecule has 1 aromatic heterocycles. The summed E-state index contributed by atoms with van der Waals surface area (Å²) in [5, 5.41) is 11.3. The lowest BCUT2D eigenvalue weighted by atomic mass is 9.54. The molecule has 1 amide bonds. The molecule has 4 fully saturated rings. The summed E-state index contributed by atoms with van der Waals surface area (Å²) < 4.78 is 42.9. The first-order chi connectivity index (χ1) is 14.9. The Bertz CT molecular complexity index is 1170. The molecule has 9 heteroatoms. The number of fused-ring (bicyclic) bond motifs is 1. The number of H-pyrrole nitrogens is 1. The topological polar surface area (TPSA) is 99.7 Å². The number of aromatic amines is 1. The summed E-state index contributed by atoms with van der Waals surface area (Å²) in [5.41, 5.74) is 0.622. The van der Waals surface area contributed by atoms with Crippen molar-refractivity contribution in [3.05, 3.63) is 29.7 Å². The second-order valence-corrected chi connectivity index (χ2v) is 12.1. The summed E-state index contributed by atoms with van der Waals surface area (Å²) in [4.78, 5) is 18.4. The molecule has 0 radical (unpaired) electrons. The van der Waals surface area contributed by atoms with Crippen molar-refractivity contribution >= 4 is 26.9 Å². The highest BCUT2D eigenvalue weighted by Gasteiger charge is 2.59. The van der Waals surface area contributed by atoms with Gasteiger partial charge in [-0.2, -0.15) is 8.42 Å². The molecule has 4 aliphatic rings. The number of carbonyl (C=O) groups excluding carboxylic acids is 1. The molecule has 4 bridgehead atoms. The largest absolute Gasteiger partial charge is 0.390 e. The van der Waals surface area contributed by atoms with E-state index in [0.29, 0.717) is 29.3 Å². The number of hydrogen-bond donors (Lipinski definition) is 2. The average Bonchev–Trinajstić information content (AvgIpc) is 3.05. The van der Waals surface area contributed by atoms with E-state index in [1.807, 2.05) is 11.8 Å². The Morgan fingerprint density at radius 3 is 2.56 bits per heavy atom. The number of benzene rings is 1. The molecule has 2 aromatic rings. The maximum atomic E-state index is 14.5. The lowest BCUT2D eigenvalue weighted by molar-refractivity contribution is -0.193. The smallest absolute Gasteiger partial charge is 0.306 e. The van der Waals surface area contributed by atoms with Crippen molar-refractivity contribution in [3.8, 4) is 5.75 Å². The zero-order valence-electron chi connectivity index (χ0n) is 18.5. The molecule has 2 saturated heterocycles. The van der Waals surface area contributed by atoms with E-state index in [-0.39, 0.29) is 41.5 Å². The quantitative estimate of drug-likeness (QED) is 0.661. The molecule has 6 rings (SSSR count). The molecule has 3 unspecified atom stereocenters. The summed E-state index contributed by atoms with van der Waals surface area (Å²) in [6, 6.07) is 2.79. The molecule has 1 aromatic carbocycles. The highest BCUT2D eigenvalue weighted by atomic mass is 32.2. The Morgan fingerprint density at radius 1 is 1.31 bits per heavy atom. The maximum absolute atomic E-state index is 14.5. The van der Waals surface area contributed by atoms with E-state index in [0.717, 1.165) is 31.6 Å². The van der Waals surface area contributed by atoms with Crippen LogP contribution in [-0.4, -0.2) is 53.3 Å². The number of aliphatic hydroxyl groups is 1. The van der Waals surface area contributed by atoms with Crippen molar-refractivity contribution in [2.24, 2.45) is 5.41 Å². The van der Waals surface area contributed by atoms with Gasteiger partial charge in [-0.05, 0) is 61.1 Å². The van der Waals surface area contributed by atoms with Gasteiger partial charge in [0.2, 0.25) is 5.91 Å². The van der Waals surface area contributed by atoms with Gasteiger partial charge in [0.15, 0.2) is 11.6 Å². The first-order valence-electron chi connectivity index (χ1n) is 11.1. The first-order valence-corrected chi connectivity index (χ1v) is 12.9. The number of piperidine rings is 2. The lowest BCUT2D eigenvalue weighted by Crippen LogP contribution is -2.68. The molecule has 0 spiro atoms. The predicted molar refractivity (Wildman–Crippen MR) is 117 cm³/mol. The van der Waals surface area contributed by atoms with E-state index < -0.39 is 21.5 Å². The van der Waals surface area contributed by atoms with Gasteiger partial charge in [0.05, 0.1) is 11.9 Å². The normalized spacial score (nSPS) is 32.5. The number of amides is 1. The van der Waals surface area contributed by atoms with Crippen molar-refractivity contribution in [3.63, 3.8) is 0 Å². The summed E-state index contributed by atoms with van der Waals surface area (Å²) in [5.74, 6) is -1.37. The number of hydrogen-bond acceptors (Lipinski definition) is 5. The Labute approximate surface area is 187 Å². The van der Waals surface area contributed by atoms with Gasteiger partial charge in [-0.15, -0.1) is 0 Å². The Hall–Kier alpha value is -2.13. The fourth-order valence-electron chi connectivity index (χ4n) is 6.80.